The molecule has 2 aromatic rings. The lowest BCUT2D eigenvalue weighted by molar-refractivity contribution is -0.385. The maximum Gasteiger partial charge on any atom is 0.284 e. The maximum atomic E-state index is 11.7. The minimum absolute atomic E-state index is 0.0882. The van der Waals surface area contributed by atoms with Gasteiger partial charge in [0, 0.05) is 11.6 Å². The Morgan fingerprint density at radius 2 is 2.04 bits per heavy atom. The number of carbonyl (C=O) groups is 1. The van der Waals surface area contributed by atoms with Crippen LogP contribution in [0.2, 0.25) is 0 Å². The van der Waals surface area contributed by atoms with E-state index in [0.29, 0.717) is 21.5 Å². The second-order valence-electron chi connectivity index (χ2n) is 4.70. The SMILES string of the molecule is COc1ccccc1OCC(=O)N/N=C\c1ccc(Br)c([N+](=O)[O-])c1. The van der Waals surface area contributed by atoms with Crippen LogP contribution in [0.5, 0.6) is 11.5 Å². The number of nitrogens with one attached hydrogen (secondary N) is 1. The fourth-order valence-electron chi connectivity index (χ4n) is 1.84. The van der Waals surface area contributed by atoms with Crippen molar-refractivity contribution < 1.29 is 19.2 Å². The number of hydrogen-bond donors (Lipinski definition) is 1. The summed E-state index contributed by atoms with van der Waals surface area (Å²) in [6.07, 6.45) is 1.31. The van der Waals surface area contributed by atoms with Crippen molar-refractivity contribution in [2.24, 2.45) is 5.10 Å². The van der Waals surface area contributed by atoms with Gasteiger partial charge in [0.25, 0.3) is 11.6 Å². The predicted octanol–water partition coefficient (Wildman–Crippen LogP) is 2.90. The first-order valence-electron chi connectivity index (χ1n) is 7.03. The van der Waals surface area contributed by atoms with Crippen molar-refractivity contribution in [1.82, 2.24) is 5.43 Å². The van der Waals surface area contributed by atoms with Crippen LogP contribution in [-0.2, 0) is 4.79 Å². The van der Waals surface area contributed by atoms with Gasteiger partial charge in [-0.3, -0.25) is 14.9 Å². The minimum atomic E-state index is -0.513. The molecule has 9 heteroatoms. The quantitative estimate of drug-likeness (QED) is 0.431. The van der Waals surface area contributed by atoms with E-state index in [1.54, 1.807) is 30.3 Å². The molecule has 1 N–H and O–H groups in total. The van der Waals surface area contributed by atoms with Gasteiger partial charge in [0.05, 0.1) is 22.7 Å². The van der Waals surface area contributed by atoms with E-state index in [4.69, 9.17) is 9.47 Å². The third-order valence-corrected chi connectivity index (χ3v) is 3.67. The lowest BCUT2D eigenvalue weighted by atomic mass is 10.2. The highest BCUT2D eigenvalue weighted by molar-refractivity contribution is 9.10. The molecule has 0 saturated carbocycles. The van der Waals surface area contributed by atoms with Crippen LogP contribution >= 0.6 is 15.9 Å². The zero-order valence-electron chi connectivity index (χ0n) is 13.1. The highest BCUT2D eigenvalue weighted by atomic mass is 79.9. The molecule has 0 saturated heterocycles. The molecule has 0 aliphatic heterocycles. The number of halogens is 1. The number of hydrogen-bond acceptors (Lipinski definition) is 6. The molecule has 0 aliphatic rings. The average molecular weight is 408 g/mol. The predicted molar refractivity (Wildman–Crippen MR) is 95.0 cm³/mol. The van der Waals surface area contributed by atoms with Crippen molar-refractivity contribution in [3.8, 4) is 11.5 Å². The normalized spacial score (nSPS) is 10.5. The zero-order valence-corrected chi connectivity index (χ0v) is 14.7. The summed E-state index contributed by atoms with van der Waals surface area (Å²) in [6.45, 7) is -0.252. The van der Waals surface area contributed by atoms with Gasteiger partial charge in [-0.15, -0.1) is 0 Å². The standard InChI is InChI=1S/C16H14BrN3O5/c1-24-14-4-2-3-5-15(14)25-10-16(21)19-18-9-11-6-7-12(17)13(8-11)20(22)23/h2-9H,10H2,1H3,(H,19,21)/b18-9-. The summed E-state index contributed by atoms with van der Waals surface area (Å²) in [5.41, 5.74) is 2.67. The van der Waals surface area contributed by atoms with E-state index < -0.39 is 10.8 Å². The van der Waals surface area contributed by atoms with E-state index in [0.717, 1.165) is 0 Å². The first kappa shape index (κ1) is 18.4. The lowest BCUT2D eigenvalue weighted by Crippen LogP contribution is -2.24. The molecule has 0 aromatic heterocycles. The molecule has 0 aliphatic carbocycles. The van der Waals surface area contributed by atoms with Gasteiger partial charge in [-0.1, -0.05) is 18.2 Å². The summed E-state index contributed by atoms with van der Waals surface area (Å²) in [5.74, 6) is 0.474. The molecule has 0 radical (unpaired) electrons. The summed E-state index contributed by atoms with van der Waals surface area (Å²) in [4.78, 5) is 22.1. The number of para-hydroxylation sites is 2. The molecule has 0 fully saturated rings. The van der Waals surface area contributed by atoms with Gasteiger partial charge < -0.3 is 9.47 Å². The van der Waals surface area contributed by atoms with Crippen LogP contribution in [0.3, 0.4) is 0 Å². The van der Waals surface area contributed by atoms with Crippen molar-refractivity contribution in [1.29, 1.82) is 0 Å². The fraction of sp³-hybridized carbons (Fsp3) is 0.125. The molecule has 1 amide bonds. The Kier molecular flexibility index (Phi) is 6.47. The van der Waals surface area contributed by atoms with Crippen molar-refractivity contribution in [2.75, 3.05) is 13.7 Å². The highest BCUT2D eigenvalue weighted by Gasteiger charge is 2.11. The highest BCUT2D eigenvalue weighted by Crippen LogP contribution is 2.26. The summed E-state index contributed by atoms with van der Waals surface area (Å²) >= 11 is 3.09. The van der Waals surface area contributed by atoms with Crippen LogP contribution in [0.25, 0.3) is 0 Å². The summed E-state index contributed by atoms with van der Waals surface area (Å²) in [7, 11) is 1.50. The van der Waals surface area contributed by atoms with E-state index in [1.165, 1.54) is 25.5 Å². The van der Waals surface area contributed by atoms with Gasteiger partial charge in [-0.2, -0.15) is 5.10 Å². The fourth-order valence-corrected chi connectivity index (χ4v) is 2.23. The molecule has 2 aromatic carbocycles. The van der Waals surface area contributed by atoms with Gasteiger partial charge in [0.15, 0.2) is 18.1 Å². The van der Waals surface area contributed by atoms with Crippen molar-refractivity contribution in [3.63, 3.8) is 0 Å². The Morgan fingerprint density at radius 3 is 2.72 bits per heavy atom. The van der Waals surface area contributed by atoms with Gasteiger partial charge in [0.2, 0.25) is 0 Å². The van der Waals surface area contributed by atoms with Gasteiger partial charge in [-0.25, -0.2) is 5.43 Å². The topological polar surface area (TPSA) is 103 Å². The molecule has 130 valence electrons. The largest absolute Gasteiger partial charge is 0.493 e. The van der Waals surface area contributed by atoms with Crippen LogP contribution in [0.4, 0.5) is 5.69 Å². The third-order valence-electron chi connectivity index (χ3n) is 3.00. The van der Waals surface area contributed by atoms with E-state index in [1.807, 2.05) is 0 Å². The Hall–Kier alpha value is -2.94. The Labute approximate surface area is 151 Å². The van der Waals surface area contributed by atoms with E-state index >= 15 is 0 Å². The molecular weight excluding hydrogens is 394 g/mol. The second kappa shape index (κ2) is 8.78. The average Bonchev–Trinajstić information content (AvgIpc) is 2.61. The molecule has 25 heavy (non-hydrogen) atoms. The van der Waals surface area contributed by atoms with E-state index in [-0.39, 0.29) is 12.3 Å². The van der Waals surface area contributed by atoms with Crippen LogP contribution in [0.15, 0.2) is 52.0 Å². The smallest absolute Gasteiger partial charge is 0.284 e. The first-order chi connectivity index (χ1) is 12.0. The van der Waals surface area contributed by atoms with Crippen LogP contribution in [0.1, 0.15) is 5.56 Å². The Bertz CT molecular complexity index is 810. The van der Waals surface area contributed by atoms with Gasteiger partial charge in [-0.05, 0) is 34.1 Å². The van der Waals surface area contributed by atoms with Crippen LogP contribution in [0, 0.1) is 10.1 Å². The molecule has 0 bridgehead atoms. The van der Waals surface area contributed by atoms with Gasteiger partial charge >= 0.3 is 0 Å². The van der Waals surface area contributed by atoms with Crippen LogP contribution < -0.4 is 14.9 Å². The monoisotopic (exact) mass is 407 g/mol. The Balaban J connectivity index is 1.90. The molecule has 0 atom stereocenters. The number of nitro groups is 1. The van der Waals surface area contributed by atoms with Crippen molar-refractivity contribution in [3.05, 3.63) is 62.6 Å². The Morgan fingerprint density at radius 1 is 1.32 bits per heavy atom. The molecule has 0 unspecified atom stereocenters. The second-order valence-corrected chi connectivity index (χ2v) is 5.56. The lowest BCUT2D eigenvalue weighted by Gasteiger charge is -2.09. The number of rotatable bonds is 7. The summed E-state index contributed by atoms with van der Waals surface area (Å²) in [6, 6.07) is 11.4. The number of benzene rings is 2. The number of hydrazone groups is 1. The number of nitrogens with zero attached hydrogens (tertiary/aromatic N) is 2. The maximum absolute atomic E-state index is 11.7. The molecule has 2 rings (SSSR count). The summed E-state index contributed by atoms with van der Waals surface area (Å²) < 4.78 is 10.8. The van der Waals surface area contributed by atoms with Gasteiger partial charge in [0.1, 0.15) is 0 Å². The zero-order chi connectivity index (χ0) is 18.2. The molecule has 8 nitrogen and oxygen atoms in total. The summed E-state index contributed by atoms with van der Waals surface area (Å²) in [5, 5.41) is 14.6. The number of nitro benzene ring substituents is 1. The van der Waals surface area contributed by atoms with Crippen molar-refractivity contribution >= 4 is 33.7 Å². The molecule has 0 spiro atoms. The first-order valence-corrected chi connectivity index (χ1v) is 7.82. The number of carbonyl (C=O) groups excluding carboxylic acids is 1. The number of ether oxygens (including phenoxy) is 2. The number of methoxy groups -OCH3 is 1. The molecular formula is C16H14BrN3O5. The number of amides is 1. The third kappa shape index (κ3) is 5.28. The van der Waals surface area contributed by atoms with Crippen molar-refractivity contribution in [2.45, 2.75) is 0 Å². The van der Waals surface area contributed by atoms with E-state index in [9.17, 15) is 14.9 Å². The van der Waals surface area contributed by atoms with Crippen LogP contribution in [-0.4, -0.2) is 30.8 Å². The minimum Gasteiger partial charge on any atom is -0.493 e. The van der Waals surface area contributed by atoms with E-state index in [2.05, 4.69) is 26.5 Å². The molecule has 0 heterocycles.